The molecule has 1 atom stereocenters. The first-order chi connectivity index (χ1) is 12.3. The van der Waals surface area contributed by atoms with Crippen LogP contribution in [0.3, 0.4) is 0 Å². The van der Waals surface area contributed by atoms with Gasteiger partial charge in [-0.1, -0.05) is 35.4 Å². The van der Waals surface area contributed by atoms with E-state index >= 15 is 0 Å². The molecule has 0 spiro atoms. The molecule has 0 aliphatic heterocycles. The van der Waals surface area contributed by atoms with E-state index in [0.29, 0.717) is 0 Å². The van der Waals surface area contributed by atoms with E-state index in [1.54, 1.807) is 0 Å². The maximum absolute atomic E-state index is 12.2. The maximum Gasteiger partial charge on any atom is 0.243 e. The Morgan fingerprint density at radius 3 is 2.12 bits per heavy atom. The van der Waals surface area contributed by atoms with Crippen LogP contribution in [-0.2, 0) is 9.59 Å². The molecule has 0 heterocycles. The number of hydrogen-bond donors (Lipinski definition) is 2. The number of carbonyl (C=O) groups excluding carboxylic acids is 2. The Morgan fingerprint density at radius 1 is 0.962 bits per heavy atom. The molecule has 0 bridgehead atoms. The second-order valence-electron chi connectivity index (χ2n) is 6.61. The van der Waals surface area contributed by atoms with Crippen molar-refractivity contribution in [3.63, 3.8) is 0 Å². The molecule has 0 fully saturated rings. The van der Waals surface area contributed by atoms with E-state index in [2.05, 4.69) is 10.6 Å². The number of benzene rings is 2. The lowest BCUT2D eigenvalue weighted by molar-refractivity contribution is -0.123. The van der Waals surface area contributed by atoms with Crippen LogP contribution in [0.1, 0.15) is 29.2 Å². The van der Waals surface area contributed by atoms with Gasteiger partial charge in [0.2, 0.25) is 11.8 Å². The topological polar surface area (TPSA) is 58.2 Å². The van der Waals surface area contributed by atoms with Crippen LogP contribution in [0.25, 0.3) is 0 Å². The largest absolute Gasteiger partial charge is 0.346 e. The monoisotopic (exact) mass is 370 g/mol. The number of amides is 2. The van der Waals surface area contributed by atoms with E-state index < -0.39 is 0 Å². The molecule has 138 valence electrons. The average molecular weight is 371 g/mol. The predicted molar refractivity (Wildman–Crippen MR) is 109 cm³/mol. The number of rotatable bonds is 6. The highest BCUT2D eigenvalue weighted by Gasteiger charge is 2.16. The maximum atomic E-state index is 12.2. The summed E-state index contributed by atoms with van der Waals surface area (Å²) in [6.07, 6.45) is 0. The summed E-state index contributed by atoms with van der Waals surface area (Å²) in [6.45, 7) is 9.79. The van der Waals surface area contributed by atoms with Gasteiger partial charge in [0.25, 0.3) is 0 Å². The number of anilines is 1. The SMILES string of the molecule is Cc1ccc(SC(C)C(=O)NCC(=O)Nc2c(C)cc(C)cc2C)cc1. The zero-order valence-electron chi connectivity index (χ0n) is 16.0. The number of nitrogens with one attached hydrogen (secondary N) is 2. The normalized spacial score (nSPS) is 11.7. The van der Waals surface area contributed by atoms with Gasteiger partial charge >= 0.3 is 0 Å². The first-order valence-electron chi connectivity index (χ1n) is 8.65. The molecule has 0 saturated heterocycles. The third-order valence-corrected chi connectivity index (χ3v) is 5.18. The minimum Gasteiger partial charge on any atom is -0.346 e. The zero-order chi connectivity index (χ0) is 19.3. The van der Waals surface area contributed by atoms with Gasteiger partial charge in [-0.15, -0.1) is 11.8 Å². The highest BCUT2D eigenvalue weighted by Crippen LogP contribution is 2.24. The highest BCUT2D eigenvalue weighted by molar-refractivity contribution is 8.00. The lowest BCUT2D eigenvalue weighted by Crippen LogP contribution is -2.37. The Balaban J connectivity index is 1.86. The quantitative estimate of drug-likeness (QED) is 0.751. The Kier molecular flexibility index (Phi) is 6.86. The fourth-order valence-corrected chi connectivity index (χ4v) is 3.64. The molecule has 0 saturated carbocycles. The van der Waals surface area contributed by atoms with Crippen molar-refractivity contribution in [2.24, 2.45) is 0 Å². The Labute approximate surface area is 159 Å². The summed E-state index contributed by atoms with van der Waals surface area (Å²) >= 11 is 1.48. The van der Waals surface area contributed by atoms with Crippen LogP contribution in [0.2, 0.25) is 0 Å². The molecule has 2 aromatic carbocycles. The van der Waals surface area contributed by atoms with Crippen LogP contribution in [0.15, 0.2) is 41.3 Å². The predicted octanol–water partition coefficient (Wildman–Crippen LogP) is 4.16. The van der Waals surface area contributed by atoms with Gasteiger partial charge in [0.1, 0.15) is 0 Å². The lowest BCUT2D eigenvalue weighted by atomic mass is 10.1. The number of aryl methyl sites for hydroxylation is 4. The number of thioether (sulfide) groups is 1. The smallest absolute Gasteiger partial charge is 0.243 e. The van der Waals surface area contributed by atoms with Crippen LogP contribution in [0.5, 0.6) is 0 Å². The van der Waals surface area contributed by atoms with Gasteiger partial charge < -0.3 is 10.6 Å². The minimum atomic E-state index is -0.270. The third kappa shape index (κ3) is 5.63. The fourth-order valence-electron chi connectivity index (χ4n) is 2.75. The van der Waals surface area contributed by atoms with Gasteiger partial charge in [-0.2, -0.15) is 0 Å². The van der Waals surface area contributed by atoms with E-state index in [0.717, 1.165) is 27.3 Å². The van der Waals surface area contributed by atoms with Crippen LogP contribution in [0, 0.1) is 27.7 Å². The van der Waals surface area contributed by atoms with Gasteiger partial charge in [0.05, 0.1) is 11.8 Å². The van der Waals surface area contributed by atoms with E-state index in [-0.39, 0.29) is 23.6 Å². The van der Waals surface area contributed by atoms with Crippen molar-refractivity contribution in [1.82, 2.24) is 5.32 Å². The molecule has 5 heteroatoms. The van der Waals surface area contributed by atoms with Crippen molar-refractivity contribution in [3.8, 4) is 0 Å². The lowest BCUT2D eigenvalue weighted by Gasteiger charge is -2.15. The van der Waals surface area contributed by atoms with Gasteiger partial charge in [-0.25, -0.2) is 0 Å². The molecule has 0 aromatic heterocycles. The molecule has 2 rings (SSSR count). The van der Waals surface area contributed by atoms with Gasteiger partial charge in [-0.3, -0.25) is 9.59 Å². The Hall–Kier alpha value is -2.27. The summed E-state index contributed by atoms with van der Waals surface area (Å²) < 4.78 is 0. The van der Waals surface area contributed by atoms with Crippen LogP contribution >= 0.6 is 11.8 Å². The summed E-state index contributed by atoms with van der Waals surface area (Å²) in [5, 5.41) is 5.34. The molecule has 0 radical (unpaired) electrons. The van der Waals surface area contributed by atoms with Crippen molar-refractivity contribution in [2.45, 2.75) is 44.8 Å². The molecule has 2 amide bonds. The van der Waals surface area contributed by atoms with Gasteiger partial charge in [0, 0.05) is 10.6 Å². The van der Waals surface area contributed by atoms with Crippen LogP contribution in [-0.4, -0.2) is 23.6 Å². The first kappa shape index (κ1) is 20.0. The first-order valence-corrected chi connectivity index (χ1v) is 9.53. The van der Waals surface area contributed by atoms with E-state index in [4.69, 9.17) is 0 Å². The minimum absolute atomic E-state index is 0.0373. The number of carbonyl (C=O) groups is 2. The summed E-state index contributed by atoms with van der Waals surface area (Å²) in [5.41, 5.74) is 5.20. The molecule has 4 nitrogen and oxygen atoms in total. The van der Waals surface area contributed by atoms with Crippen molar-refractivity contribution >= 4 is 29.3 Å². The molecule has 0 aliphatic rings. The summed E-state index contributed by atoms with van der Waals surface area (Å²) in [4.78, 5) is 25.5. The number of hydrogen-bond acceptors (Lipinski definition) is 3. The molecule has 2 N–H and O–H groups in total. The van der Waals surface area contributed by atoms with Crippen LogP contribution < -0.4 is 10.6 Å². The standard InChI is InChI=1S/C21H26N2O2S/c1-13-6-8-18(9-7-13)26-17(5)21(25)22-12-19(24)23-20-15(3)10-14(2)11-16(20)4/h6-11,17H,12H2,1-5H3,(H,22,25)(H,23,24). The molecular weight excluding hydrogens is 344 g/mol. The van der Waals surface area contributed by atoms with E-state index in [1.807, 2.05) is 71.0 Å². The fraction of sp³-hybridized carbons (Fsp3) is 0.333. The molecular formula is C21H26N2O2S. The zero-order valence-corrected chi connectivity index (χ0v) is 16.8. The molecule has 0 aliphatic carbocycles. The summed E-state index contributed by atoms with van der Waals surface area (Å²) in [6, 6.07) is 12.1. The second kappa shape index (κ2) is 8.90. The molecule has 26 heavy (non-hydrogen) atoms. The second-order valence-corrected chi connectivity index (χ2v) is 8.03. The van der Waals surface area contributed by atoms with Gasteiger partial charge in [0.15, 0.2) is 0 Å². The Bertz CT molecular complexity index is 777. The third-order valence-electron chi connectivity index (χ3n) is 4.07. The molecule has 2 aromatic rings. The average Bonchev–Trinajstić information content (AvgIpc) is 2.57. The van der Waals surface area contributed by atoms with Crippen molar-refractivity contribution in [2.75, 3.05) is 11.9 Å². The molecule has 1 unspecified atom stereocenters. The van der Waals surface area contributed by atoms with Crippen molar-refractivity contribution < 1.29 is 9.59 Å². The van der Waals surface area contributed by atoms with Crippen LogP contribution in [0.4, 0.5) is 5.69 Å². The van der Waals surface area contributed by atoms with Crippen molar-refractivity contribution in [3.05, 3.63) is 58.7 Å². The highest BCUT2D eigenvalue weighted by atomic mass is 32.2. The van der Waals surface area contributed by atoms with E-state index in [9.17, 15) is 9.59 Å². The summed E-state index contributed by atoms with van der Waals surface area (Å²) in [5.74, 6) is -0.371. The summed E-state index contributed by atoms with van der Waals surface area (Å²) in [7, 11) is 0. The van der Waals surface area contributed by atoms with Gasteiger partial charge in [-0.05, 0) is 57.9 Å². The Morgan fingerprint density at radius 2 is 1.54 bits per heavy atom. The van der Waals surface area contributed by atoms with E-state index in [1.165, 1.54) is 17.3 Å². The van der Waals surface area contributed by atoms with Crippen molar-refractivity contribution in [1.29, 1.82) is 0 Å².